The van der Waals surface area contributed by atoms with Crippen LogP contribution < -0.4 is 10.1 Å². The number of carbonyl (C=O) groups excluding carboxylic acids is 1. The van der Waals surface area contributed by atoms with Crippen LogP contribution in [0.2, 0.25) is 0 Å². The third kappa shape index (κ3) is 3.00. The molecular weight excluding hydrogens is 272 g/mol. The number of nitrogens with one attached hydrogen (secondary N) is 1. The summed E-state index contributed by atoms with van der Waals surface area (Å²) in [4.78, 5) is 16.1. The number of thiazole rings is 1. The number of benzene rings is 1. The van der Waals surface area contributed by atoms with E-state index < -0.39 is 0 Å². The summed E-state index contributed by atoms with van der Waals surface area (Å²) in [6, 6.07) is 6.94. The number of hydrogen-bond donors (Lipinski definition) is 1. The van der Waals surface area contributed by atoms with Crippen molar-refractivity contribution in [3.63, 3.8) is 0 Å². The Morgan fingerprint density at radius 3 is 3.06 bits per heavy atom. The Balaban J connectivity index is 2.11. The summed E-state index contributed by atoms with van der Waals surface area (Å²) in [6.45, 7) is 0. The van der Waals surface area contributed by atoms with Crippen molar-refractivity contribution in [2.75, 3.05) is 12.4 Å². The highest BCUT2D eigenvalue weighted by Gasteiger charge is 2.09. The molecule has 0 fully saturated rings. The third-order valence-corrected chi connectivity index (χ3v) is 3.32. The summed E-state index contributed by atoms with van der Waals surface area (Å²) in [7, 11) is 1.56. The minimum Gasteiger partial charge on any atom is -0.497 e. The van der Waals surface area contributed by atoms with Crippen LogP contribution in [0.3, 0.4) is 0 Å². The predicted molar refractivity (Wildman–Crippen MR) is 72.6 cm³/mol. The molecule has 0 saturated carbocycles. The molecule has 0 bridgehead atoms. The van der Waals surface area contributed by atoms with Crippen LogP contribution in [0.4, 0.5) is 5.13 Å². The summed E-state index contributed by atoms with van der Waals surface area (Å²) in [6.07, 6.45) is 0. The Hall–Kier alpha value is -1.59. The van der Waals surface area contributed by atoms with Crippen LogP contribution in [0.1, 0.15) is 16.1 Å². The van der Waals surface area contributed by atoms with E-state index >= 15 is 0 Å². The van der Waals surface area contributed by atoms with Gasteiger partial charge in [0.2, 0.25) is 0 Å². The summed E-state index contributed by atoms with van der Waals surface area (Å²) < 4.78 is 5.07. The zero-order chi connectivity index (χ0) is 13.0. The number of nitrogens with zero attached hydrogens (tertiary/aromatic N) is 1. The van der Waals surface area contributed by atoms with Crippen LogP contribution in [0.25, 0.3) is 0 Å². The lowest BCUT2D eigenvalue weighted by molar-refractivity contribution is 0.102. The molecule has 0 radical (unpaired) electrons. The molecule has 0 atom stereocenters. The van der Waals surface area contributed by atoms with Crippen molar-refractivity contribution in [1.82, 2.24) is 4.98 Å². The summed E-state index contributed by atoms with van der Waals surface area (Å²) in [5, 5.41) is 5.07. The van der Waals surface area contributed by atoms with E-state index in [1.165, 1.54) is 11.3 Å². The fourth-order valence-electron chi connectivity index (χ4n) is 1.36. The minimum atomic E-state index is -0.218. The number of alkyl halides is 1. The Morgan fingerprint density at radius 2 is 2.39 bits per heavy atom. The van der Waals surface area contributed by atoms with E-state index in [0.717, 1.165) is 5.69 Å². The van der Waals surface area contributed by atoms with Gasteiger partial charge in [-0.25, -0.2) is 4.98 Å². The Bertz CT molecular complexity index is 557. The van der Waals surface area contributed by atoms with Crippen LogP contribution in [0.15, 0.2) is 29.6 Å². The van der Waals surface area contributed by atoms with Gasteiger partial charge in [-0.2, -0.15) is 0 Å². The van der Waals surface area contributed by atoms with Crippen molar-refractivity contribution >= 4 is 34.0 Å². The average Bonchev–Trinajstić information content (AvgIpc) is 2.86. The quantitative estimate of drug-likeness (QED) is 0.877. The van der Waals surface area contributed by atoms with Crippen molar-refractivity contribution in [3.05, 3.63) is 40.9 Å². The Morgan fingerprint density at radius 1 is 1.56 bits per heavy atom. The molecular formula is C12H11ClN2O2S. The van der Waals surface area contributed by atoms with E-state index in [-0.39, 0.29) is 5.91 Å². The fraction of sp³-hybridized carbons (Fsp3) is 0.167. The second-order valence-corrected chi connectivity index (χ2v) is 4.59. The maximum Gasteiger partial charge on any atom is 0.257 e. The Labute approximate surface area is 114 Å². The molecule has 94 valence electrons. The summed E-state index contributed by atoms with van der Waals surface area (Å²) >= 11 is 7.00. The molecule has 4 nitrogen and oxygen atoms in total. The summed E-state index contributed by atoms with van der Waals surface area (Å²) in [5.74, 6) is 0.763. The van der Waals surface area contributed by atoms with E-state index in [1.807, 2.05) is 5.38 Å². The molecule has 0 aliphatic rings. The largest absolute Gasteiger partial charge is 0.497 e. The number of ether oxygens (including phenoxy) is 1. The summed E-state index contributed by atoms with van der Waals surface area (Å²) in [5.41, 5.74) is 1.28. The minimum absolute atomic E-state index is 0.218. The van der Waals surface area contributed by atoms with Gasteiger partial charge < -0.3 is 4.74 Å². The number of anilines is 1. The molecule has 0 aliphatic carbocycles. The number of hydrogen-bond acceptors (Lipinski definition) is 4. The van der Waals surface area contributed by atoms with E-state index in [9.17, 15) is 4.79 Å². The molecule has 1 aromatic heterocycles. The van der Waals surface area contributed by atoms with Crippen molar-refractivity contribution < 1.29 is 9.53 Å². The third-order valence-electron chi connectivity index (χ3n) is 2.24. The monoisotopic (exact) mass is 282 g/mol. The van der Waals surface area contributed by atoms with Crippen molar-refractivity contribution in [2.45, 2.75) is 5.88 Å². The molecule has 0 aliphatic heterocycles. The van der Waals surface area contributed by atoms with Crippen LogP contribution in [-0.2, 0) is 5.88 Å². The maximum absolute atomic E-state index is 11.9. The second-order valence-electron chi connectivity index (χ2n) is 3.46. The lowest BCUT2D eigenvalue weighted by Gasteiger charge is -2.04. The number of methoxy groups -OCH3 is 1. The van der Waals surface area contributed by atoms with Gasteiger partial charge in [-0.3, -0.25) is 10.1 Å². The molecule has 1 N–H and O–H groups in total. The van der Waals surface area contributed by atoms with Gasteiger partial charge in [0.1, 0.15) is 5.75 Å². The van der Waals surface area contributed by atoms with Gasteiger partial charge in [0.05, 0.1) is 18.7 Å². The molecule has 6 heteroatoms. The highest BCUT2D eigenvalue weighted by atomic mass is 35.5. The van der Waals surface area contributed by atoms with Crippen LogP contribution in [-0.4, -0.2) is 18.0 Å². The van der Waals surface area contributed by atoms with Gasteiger partial charge in [-0.15, -0.1) is 22.9 Å². The molecule has 2 aromatic rings. The van der Waals surface area contributed by atoms with E-state index in [0.29, 0.717) is 22.3 Å². The van der Waals surface area contributed by atoms with Crippen molar-refractivity contribution in [2.24, 2.45) is 0 Å². The van der Waals surface area contributed by atoms with Gasteiger partial charge >= 0.3 is 0 Å². The topological polar surface area (TPSA) is 51.2 Å². The predicted octanol–water partition coefficient (Wildman–Crippen LogP) is 3.14. The first-order valence-corrected chi connectivity index (χ1v) is 6.60. The first kappa shape index (κ1) is 12.9. The highest BCUT2D eigenvalue weighted by Crippen LogP contribution is 2.19. The van der Waals surface area contributed by atoms with Crippen LogP contribution in [0, 0.1) is 0 Å². The van der Waals surface area contributed by atoms with Crippen LogP contribution in [0.5, 0.6) is 5.75 Å². The standard InChI is InChI=1S/C12H11ClN2O2S/c1-17-10-4-2-3-8(5-10)11(16)15-12-14-9(6-13)7-18-12/h2-5,7H,6H2,1H3,(H,14,15,16). The first-order valence-electron chi connectivity index (χ1n) is 5.18. The highest BCUT2D eigenvalue weighted by molar-refractivity contribution is 7.14. The molecule has 1 amide bonds. The number of aromatic nitrogens is 1. The van der Waals surface area contributed by atoms with E-state index in [2.05, 4.69) is 10.3 Å². The molecule has 0 saturated heterocycles. The van der Waals surface area contributed by atoms with Gasteiger partial charge in [0.15, 0.2) is 5.13 Å². The van der Waals surface area contributed by atoms with Crippen molar-refractivity contribution in [3.8, 4) is 5.75 Å². The molecule has 18 heavy (non-hydrogen) atoms. The molecule has 1 aromatic carbocycles. The van der Waals surface area contributed by atoms with E-state index in [4.69, 9.17) is 16.3 Å². The zero-order valence-electron chi connectivity index (χ0n) is 9.64. The molecule has 0 unspecified atom stereocenters. The SMILES string of the molecule is COc1cccc(C(=O)Nc2nc(CCl)cs2)c1. The fourth-order valence-corrected chi connectivity index (χ4v) is 2.29. The van der Waals surface area contributed by atoms with Gasteiger partial charge in [0.25, 0.3) is 5.91 Å². The first-order chi connectivity index (χ1) is 8.72. The lowest BCUT2D eigenvalue weighted by atomic mass is 10.2. The normalized spacial score (nSPS) is 10.1. The Kier molecular flexibility index (Phi) is 4.17. The number of rotatable bonds is 4. The number of amides is 1. The maximum atomic E-state index is 11.9. The smallest absolute Gasteiger partial charge is 0.257 e. The molecule has 2 rings (SSSR count). The lowest BCUT2D eigenvalue weighted by Crippen LogP contribution is -2.11. The van der Waals surface area contributed by atoms with Gasteiger partial charge in [-0.1, -0.05) is 6.07 Å². The zero-order valence-corrected chi connectivity index (χ0v) is 11.2. The number of carbonyl (C=O) groups is 1. The van der Waals surface area contributed by atoms with Crippen LogP contribution >= 0.6 is 22.9 Å². The van der Waals surface area contributed by atoms with Crippen molar-refractivity contribution in [1.29, 1.82) is 0 Å². The van der Waals surface area contributed by atoms with Gasteiger partial charge in [-0.05, 0) is 18.2 Å². The van der Waals surface area contributed by atoms with Gasteiger partial charge in [0, 0.05) is 10.9 Å². The average molecular weight is 283 g/mol. The number of halogens is 1. The molecule has 1 heterocycles. The van der Waals surface area contributed by atoms with E-state index in [1.54, 1.807) is 31.4 Å². The second kappa shape index (κ2) is 5.84. The molecule has 0 spiro atoms.